The highest BCUT2D eigenvalue weighted by Crippen LogP contribution is 2.21. The zero-order valence-corrected chi connectivity index (χ0v) is 24.9. The standard InChI is InChI=1S/C34H38O10/c1-4-33(35)39-23-6-5-21-37-28-11-9-27(10-12-28)34(36)43-32-19-17-31(18-20-32)41-25-40-30-15-13-29(14-16-30)38-22-7-8-24-42-44-26(2)3/h4,9-20H,1-2,5-8,21-25H2,3H3. The number of hydrogen-bond donors (Lipinski definition) is 0. The van der Waals surface area contributed by atoms with Gasteiger partial charge in [0.05, 0.1) is 32.0 Å². The van der Waals surface area contributed by atoms with Crippen molar-refractivity contribution in [2.24, 2.45) is 0 Å². The molecule has 0 radical (unpaired) electrons. The Kier molecular flexibility index (Phi) is 14.7. The Bertz CT molecular complexity index is 1300. The molecule has 0 saturated carbocycles. The van der Waals surface area contributed by atoms with E-state index < -0.39 is 11.9 Å². The van der Waals surface area contributed by atoms with Crippen LogP contribution in [0.15, 0.2) is 97.8 Å². The van der Waals surface area contributed by atoms with E-state index in [0.717, 1.165) is 24.7 Å². The highest BCUT2D eigenvalue weighted by molar-refractivity contribution is 5.91. The lowest BCUT2D eigenvalue weighted by Gasteiger charge is -2.11. The van der Waals surface area contributed by atoms with E-state index in [4.69, 9.17) is 38.2 Å². The van der Waals surface area contributed by atoms with Crippen LogP contribution in [0, 0.1) is 0 Å². The number of esters is 2. The molecule has 0 amide bonds. The quantitative estimate of drug-likeness (QED) is 0.0187. The molecule has 0 aromatic heterocycles. The molecule has 0 unspecified atom stereocenters. The predicted octanol–water partition coefficient (Wildman–Crippen LogP) is 6.85. The molecule has 0 saturated heterocycles. The fourth-order valence-corrected chi connectivity index (χ4v) is 3.48. The summed E-state index contributed by atoms with van der Waals surface area (Å²) in [4.78, 5) is 33.4. The fraction of sp³-hybridized carbons (Fsp3) is 0.294. The van der Waals surface area contributed by atoms with Crippen molar-refractivity contribution in [3.8, 4) is 28.7 Å². The van der Waals surface area contributed by atoms with Crippen LogP contribution < -0.4 is 23.7 Å². The van der Waals surface area contributed by atoms with Gasteiger partial charge in [0.2, 0.25) is 6.79 Å². The van der Waals surface area contributed by atoms with Crippen LogP contribution >= 0.6 is 0 Å². The van der Waals surface area contributed by atoms with Crippen LogP contribution in [-0.2, 0) is 19.3 Å². The zero-order chi connectivity index (χ0) is 31.4. The third kappa shape index (κ3) is 13.3. The van der Waals surface area contributed by atoms with Gasteiger partial charge in [0.1, 0.15) is 34.5 Å². The fourth-order valence-electron chi connectivity index (χ4n) is 3.48. The Balaban J connectivity index is 1.30. The first-order valence-electron chi connectivity index (χ1n) is 14.2. The Hall–Kier alpha value is -4.96. The lowest BCUT2D eigenvalue weighted by Crippen LogP contribution is -2.09. The minimum absolute atomic E-state index is 0.00275. The SMILES string of the molecule is C=CC(=O)OCCCCOc1ccc(C(=O)Oc2ccc(OCOc3ccc(OCCCCOOC(=C)C)cc3)cc2)cc1. The van der Waals surface area contributed by atoms with Crippen molar-refractivity contribution in [2.75, 3.05) is 33.2 Å². The largest absolute Gasteiger partial charge is 0.494 e. The normalized spacial score (nSPS) is 10.3. The van der Waals surface area contributed by atoms with Gasteiger partial charge in [0.25, 0.3) is 0 Å². The third-order valence-electron chi connectivity index (χ3n) is 5.71. The Morgan fingerprint density at radius 1 is 0.636 bits per heavy atom. The van der Waals surface area contributed by atoms with Crippen LogP contribution in [0.4, 0.5) is 0 Å². The topological polar surface area (TPSA) is 108 Å². The van der Waals surface area contributed by atoms with E-state index >= 15 is 0 Å². The van der Waals surface area contributed by atoms with Crippen LogP contribution in [-0.4, -0.2) is 45.2 Å². The van der Waals surface area contributed by atoms with Crippen LogP contribution in [0.1, 0.15) is 43.0 Å². The zero-order valence-electron chi connectivity index (χ0n) is 24.9. The van der Waals surface area contributed by atoms with E-state index in [-0.39, 0.29) is 6.79 Å². The van der Waals surface area contributed by atoms with E-state index in [1.54, 1.807) is 67.6 Å². The molecule has 10 heteroatoms. The third-order valence-corrected chi connectivity index (χ3v) is 5.71. The molecule has 3 aromatic carbocycles. The van der Waals surface area contributed by atoms with Gasteiger partial charge in [0.15, 0.2) is 0 Å². The number of ether oxygens (including phenoxy) is 6. The smallest absolute Gasteiger partial charge is 0.343 e. The summed E-state index contributed by atoms with van der Waals surface area (Å²) in [6.45, 7) is 10.5. The molecule has 0 fully saturated rings. The first-order chi connectivity index (χ1) is 21.4. The highest BCUT2D eigenvalue weighted by Gasteiger charge is 2.09. The molecule has 0 aliphatic rings. The molecule has 3 rings (SSSR count). The number of benzene rings is 3. The van der Waals surface area contributed by atoms with Crippen LogP contribution in [0.5, 0.6) is 28.7 Å². The molecule has 0 spiro atoms. The molecule has 0 N–H and O–H groups in total. The first kappa shape index (κ1) is 33.5. The summed E-state index contributed by atoms with van der Waals surface area (Å²) in [5, 5.41) is 0. The minimum Gasteiger partial charge on any atom is -0.494 e. The summed E-state index contributed by atoms with van der Waals surface area (Å²) in [5.41, 5.74) is 0.387. The number of carbonyl (C=O) groups excluding carboxylic acids is 2. The van der Waals surface area contributed by atoms with Gasteiger partial charge in [-0.2, -0.15) is 4.89 Å². The molecule has 44 heavy (non-hydrogen) atoms. The second-order valence-corrected chi connectivity index (χ2v) is 9.35. The maximum atomic E-state index is 12.5. The van der Waals surface area contributed by atoms with E-state index in [0.29, 0.717) is 73.6 Å². The molecule has 0 aliphatic heterocycles. The summed E-state index contributed by atoms with van der Waals surface area (Å²) >= 11 is 0. The molecule has 10 nitrogen and oxygen atoms in total. The van der Waals surface area contributed by atoms with Gasteiger partial charge in [0, 0.05) is 6.08 Å². The lowest BCUT2D eigenvalue weighted by atomic mass is 10.2. The number of carbonyl (C=O) groups is 2. The molecule has 234 valence electrons. The maximum absolute atomic E-state index is 12.5. The predicted molar refractivity (Wildman–Crippen MR) is 163 cm³/mol. The lowest BCUT2D eigenvalue weighted by molar-refractivity contribution is -0.261. The summed E-state index contributed by atoms with van der Waals surface area (Å²) < 4.78 is 33.0. The summed E-state index contributed by atoms with van der Waals surface area (Å²) in [6.07, 6.45) is 4.16. The van der Waals surface area contributed by atoms with Crippen molar-refractivity contribution in [3.63, 3.8) is 0 Å². The van der Waals surface area contributed by atoms with Crippen molar-refractivity contribution in [3.05, 3.63) is 103 Å². The summed E-state index contributed by atoms with van der Waals surface area (Å²) in [5.74, 6) is 2.53. The van der Waals surface area contributed by atoms with Gasteiger partial charge in [-0.1, -0.05) is 13.2 Å². The summed E-state index contributed by atoms with van der Waals surface area (Å²) in [7, 11) is 0. The second-order valence-electron chi connectivity index (χ2n) is 9.35. The van der Waals surface area contributed by atoms with Crippen LogP contribution in [0.3, 0.4) is 0 Å². The van der Waals surface area contributed by atoms with Gasteiger partial charge in [-0.3, -0.25) is 0 Å². The number of allylic oxidation sites excluding steroid dienone is 1. The molecular formula is C34H38O10. The Morgan fingerprint density at radius 3 is 1.61 bits per heavy atom. The monoisotopic (exact) mass is 606 g/mol. The van der Waals surface area contributed by atoms with E-state index in [2.05, 4.69) is 13.2 Å². The van der Waals surface area contributed by atoms with E-state index in [1.165, 1.54) is 0 Å². The number of hydrogen-bond acceptors (Lipinski definition) is 10. The average Bonchev–Trinajstić information content (AvgIpc) is 3.03. The average molecular weight is 607 g/mol. The highest BCUT2D eigenvalue weighted by atomic mass is 17.2. The number of rotatable bonds is 21. The van der Waals surface area contributed by atoms with Crippen LogP contribution in [0.2, 0.25) is 0 Å². The molecule has 0 aliphatic carbocycles. The van der Waals surface area contributed by atoms with E-state index in [9.17, 15) is 9.59 Å². The van der Waals surface area contributed by atoms with E-state index in [1.807, 2.05) is 12.1 Å². The number of unbranched alkanes of at least 4 members (excludes halogenated alkanes) is 2. The van der Waals surface area contributed by atoms with Crippen LogP contribution in [0.25, 0.3) is 0 Å². The molecule has 0 heterocycles. The minimum atomic E-state index is -0.493. The van der Waals surface area contributed by atoms with Crippen molar-refractivity contribution >= 4 is 11.9 Å². The molecular weight excluding hydrogens is 568 g/mol. The van der Waals surface area contributed by atoms with Gasteiger partial charge in [-0.15, -0.1) is 0 Å². The molecule has 3 aromatic rings. The molecule has 0 atom stereocenters. The maximum Gasteiger partial charge on any atom is 0.343 e. The van der Waals surface area contributed by atoms with Gasteiger partial charge in [-0.25, -0.2) is 9.59 Å². The van der Waals surface area contributed by atoms with Gasteiger partial charge < -0.3 is 33.3 Å². The second kappa shape index (κ2) is 19.3. The Morgan fingerprint density at radius 2 is 1.09 bits per heavy atom. The summed E-state index contributed by atoms with van der Waals surface area (Å²) in [6, 6.07) is 20.6. The van der Waals surface area contributed by atoms with Crippen molar-refractivity contribution in [1.29, 1.82) is 0 Å². The van der Waals surface area contributed by atoms with Gasteiger partial charge in [-0.05, 0) is 105 Å². The Labute approximate surface area is 257 Å². The van der Waals surface area contributed by atoms with Gasteiger partial charge >= 0.3 is 11.9 Å². The van der Waals surface area contributed by atoms with Crippen molar-refractivity contribution < 1.29 is 47.8 Å². The first-order valence-corrected chi connectivity index (χ1v) is 14.2. The molecule has 0 bridgehead atoms. The van der Waals surface area contributed by atoms with Crippen molar-refractivity contribution in [1.82, 2.24) is 0 Å². The van der Waals surface area contributed by atoms with Crippen molar-refractivity contribution in [2.45, 2.75) is 32.6 Å².